The highest BCUT2D eigenvalue weighted by Crippen LogP contribution is 2.12. The predicted molar refractivity (Wildman–Crippen MR) is 82.9 cm³/mol. The lowest BCUT2D eigenvalue weighted by Crippen LogP contribution is -2.15. The first-order chi connectivity index (χ1) is 9.65. The van der Waals surface area contributed by atoms with Crippen molar-refractivity contribution in [2.24, 2.45) is 0 Å². The van der Waals surface area contributed by atoms with Crippen molar-refractivity contribution in [2.75, 3.05) is 0 Å². The van der Waals surface area contributed by atoms with E-state index in [2.05, 4.69) is 22.4 Å². The van der Waals surface area contributed by atoms with Crippen LogP contribution in [0.2, 0.25) is 0 Å². The van der Waals surface area contributed by atoms with E-state index in [1.165, 1.54) is 4.68 Å². The van der Waals surface area contributed by atoms with Crippen molar-refractivity contribution in [2.45, 2.75) is 53.4 Å². The van der Waals surface area contributed by atoms with Gasteiger partial charge >= 0.3 is 0 Å². The van der Waals surface area contributed by atoms with Gasteiger partial charge in [-0.25, -0.2) is 4.68 Å². The van der Waals surface area contributed by atoms with E-state index in [0.29, 0.717) is 25.2 Å². The van der Waals surface area contributed by atoms with Crippen molar-refractivity contribution in [1.29, 1.82) is 0 Å². The molecule has 118 valence electrons. The minimum atomic E-state index is -0.242. The maximum absolute atomic E-state index is 14.0. The highest BCUT2D eigenvalue weighted by atomic mass is 35.5. The van der Waals surface area contributed by atoms with E-state index < -0.39 is 0 Å². The Morgan fingerprint density at radius 2 is 2.00 bits per heavy atom. The molecule has 2 aromatic rings. The van der Waals surface area contributed by atoms with Crippen molar-refractivity contribution < 1.29 is 4.39 Å². The van der Waals surface area contributed by atoms with Crippen LogP contribution in [0.25, 0.3) is 0 Å². The third-order valence-electron chi connectivity index (χ3n) is 3.24. The monoisotopic (exact) mass is 315 g/mol. The summed E-state index contributed by atoms with van der Waals surface area (Å²) in [6.07, 6.45) is 3.04. The summed E-state index contributed by atoms with van der Waals surface area (Å²) in [5.74, 6) is -0.242. The van der Waals surface area contributed by atoms with Crippen LogP contribution >= 0.6 is 12.4 Å². The van der Waals surface area contributed by atoms with Crippen LogP contribution in [0.1, 0.15) is 37.2 Å². The fourth-order valence-corrected chi connectivity index (χ4v) is 2.17. The summed E-state index contributed by atoms with van der Waals surface area (Å²) >= 11 is 0. The summed E-state index contributed by atoms with van der Waals surface area (Å²) in [4.78, 5) is 0. The second-order valence-electron chi connectivity index (χ2n) is 4.84. The van der Waals surface area contributed by atoms with Crippen molar-refractivity contribution in [3.63, 3.8) is 0 Å². The number of hydrogen-bond donors (Lipinski definition) is 1. The first kappa shape index (κ1) is 17.7. The van der Waals surface area contributed by atoms with Crippen LogP contribution in [0.4, 0.5) is 4.39 Å². The van der Waals surface area contributed by atoms with Crippen molar-refractivity contribution in [1.82, 2.24) is 24.9 Å². The number of aryl methyl sites for hydroxylation is 3. The number of halogens is 2. The molecule has 0 atom stereocenters. The van der Waals surface area contributed by atoms with Crippen molar-refractivity contribution in [3.05, 3.63) is 35.2 Å². The SMILES string of the molecule is CCCn1ccc(CNCc2c(C)nn(CC)c2F)n1.Cl. The number of hydrogen-bond acceptors (Lipinski definition) is 3. The number of rotatable bonds is 7. The Balaban J connectivity index is 0.00000220. The zero-order valence-corrected chi connectivity index (χ0v) is 13.6. The molecule has 5 nitrogen and oxygen atoms in total. The fraction of sp³-hybridized carbons (Fsp3) is 0.571. The molecule has 0 aliphatic rings. The third kappa shape index (κ3) is 4.28. The average Bonchev–Trinajstić information content (AvgIpc) is 2.98. The standard InChI is InChI=1S/C14H22FN5.ClH/c1-4-7-19-8-6-12(18-19)9-16-10-13-11(3)17-20(5-2)14(13)15;/h6,8,16H,4-5,7,9-10H2,1-3H3;1H. The number of nitrogens with one attached hydrogen (secondary N) is 1. The molecule has 0 saturated heterocycles. The smallest absolute Gasteiger partial charge is 0.216 e. The summed E-state index contributed by atoms with van der Waals surface area (Å²) in [5, 5.41) is 11.8. The molecular formula is C14H23ClFN5. The number of aromatic nitrogens is 4. The first-order valence-corrected chi connectivity index (χ1v) is 7.10. The van der Waals surface area contributed by atoms with Crippen LogP contribution in [0, 0.1) is 12.9 Å². The summed E-state index contributed by atoms with van der Waals surface area (Å²) < 4.78 is 17.3. The van der Waals surface area contributed by atoms with Crippen LogP contribution < -0.4 is 5.32 Å². The summed E-state index contributed by atoms with van der Waals surface area (Å²) in [6.45, 7) is 8.42. The van der Waals surface area contributed by atoms with Gasteiger partial charge in [0, 0.05) is 37.9 Å². The topological polar surface area (TPSA) is 47.7 Å². The number of nitrogens with zero attached hydrogens (tertiary/aromatic N) is 4. The van der Waals surface area contributed by atoms with Crippen LogP contribution in [-0.2, 0) is 26.2 Å². The minimum absolute atomic E-state index is 0. The Morgan fingerprint density at radius 1 is 1.24 bits per heavy atom. The normalized spacial score (nSPS) is 10.7. The van der Waals surface area contributed by atoms with Gasteiger partial charge in [-0.2, -0.15) is 14.6 Å². The lowest BCUT2D eigenvalue weighted by atomic mass is 10.2. The Labute approximate surface area is 130 Å². The Kier molecular flexibility index (Phi) is 6.84. The van der Waals surface area contributed by atoms with E-state index in [4.69, 9.17) is 0 Å². The molecule has 0 aromatic carbocycles. The second kappa shape index (κ2) is 8.14. The van der Waals surface area contributed by atoms with Gasteiger partial charge in [-0.05, 0) is 26.3 Å². The molecule has 0 aliphatic carbocycles. The molecule has 0 bridgehead atoms. The predicted octanol–water partition coefficient (Wildman–Crippen LogP) is 2.67. The van der Waals surface area contributed by atoms with Crippen LogP contribution in [0.15, 0.2) is 12.3 Å². The van der Waals surface area contributed by atoms with Gasteiger partial charge in [-0.3, -0.25) is 4.68 Å². The molecule has 0 amide bonds. The molecule has 0 spiro atoms. The van der Waals surface area contributed by atoms with Gasteiger partial charge in [0.2, 0.25) is 5.95 Å². The molecule has 0 saturated carbocycles. The van der Waals surface area contributed by atoms with E-state index in [1.54, 1.807) is 0 Å². The van der Waals surface area contributed by atoms with E-state index in [0.717, 1.165) is 24.4 Å². The fourth-order valence-electron chi connectivity index (χ4n) is 2.17. The Hall–Kier alpha value is -1.40. The van der Waals surface area contributed by atoms with Gasteiger partial charge in [-0.1, -0.05) is 6.92 Å². The average molecular weight is 316 g/mol. The summed E-state index contributed by atoms with van der Waals surface area (Å²) in [5.41, 5.74) is 2.35. The quantitative estimate of drug-likeness (QED) is 0.854. The maximum atomic E-state index is 14.0. The molecule has 2 rings (SSSR count). The molecule has 0 aliphatic heterocycles. The maximum Gasteiger partial charge on any atom is 0.216 e. The van der Waals surface area contributed by atoms with Gasteiger partial charge in [0.05, 0.1) is 11.4 Å². The molecule has 21 heavy (non-hydrogen) atoms. The van der Waals surface area contributed by atoms with Crippen molar-refractivity contribution >= 4 is 12.4 Å². The van der Waals surface area contributed by atoms with Gasteiger partial charge in [0.1, 0.15) is 0 Å². The molecule has 0 radical (unpaired) electrons. The Morgan fingerprint density at radius 3 is 2.62 bits per heavy atom. The van der Waals surface area contributed by atoms with E-state index in [9.17, 15) is 4.39 Å². The Bertz CT molecular complexity index is 564. The molecule has 7 heteroatoms. The van der Waals surface area contributed by atoms with E-state index in [1.807, 2.05) is 30.8 Å². The van der Waals surface area contributed by atoms with Crippen LogP contribution in [-0.4, -0.2) is 19.6 Å². The van der Waals surface area contributed by atoms with Gasteiger partial charge < -0.3 is 5.32 Å². The molecule has 2 aromatic heterocycles. The highest BCUT2D eigenvalue weighted by molar-refractivity contribution is 5.85. The lowest BCUT2D eigenvalue weighted by Gasteiger charge is -2.02. The molecule has 0 unspecified atom stereocenters. The zero-order chi connectivity index (χ0) is 14.5. The minimum Gasteiger partial charge on any atom is -0.307 e. The zero-order valence-electron chi connectivity index (χ0n) is 12.8. The molecule has 2 heterocycles. The molecule has 1 N–H and O–H groups in total. The van der Waals surface area contributed by atoms with Crippen LogP contribution in [0.3, 0.4) is 0 Å². The van der Waals surface area contributed by atoms with Crippen LogP contribution in [0.5, 0.6) is 0 Å². The van der Waals surface area contributed by atoms with E-state index in [-0.39, 0.29) is 18.4 Å². The van der Waals surface area contributed by atoms with Gasteiger partial charge in [-0.15, -0.1) is 12.4 Å². The highest BCUT2D eigenvalue weighted by Gasteiger charge is 2.13. The first-order valence-electron chi connectivity index (χ1n) is 7.10. The molecule has 0 fully saturated rings. The van der Waals surface area contributed by atoms with Crippen molar-refractivity contribution in [3.8, 4) is 0 Å². The lowest BCUT2D eigenvalue weighted by molar-refractivity contribution is 0.460. The summed E-state index contributed by atoms with van der Waals surface area (Å²) in [7, 11) is 0. The largest absolute Gasteiger partial charge is 0.307 e. The van der Waals surface area contributed by atoms with Gasteiger partial charge in [0.25, 0.3) is 0 Å². The van der Waals surface area contributed by atoms with E-state index >= 15 is 0 Å². The third-order valence-corrected chi connectivity index (χ3v) is 3.24. The summed E-state index contributed by atoms with van der Waals surface area (Å²) in [6, 6.07) is 1.99. The second-order valence-corrected chi connectivity index (χ2v) is 4.84. The molecular weight excluding hydrogens is 293 g/mol. The van der Waals surface area contributed by atoms with Gasteiger partial charge in [0.15, 0.2) is 0 Å².